The summed E-state index contributed by atoms with van der Waals surface area (Å²) in [4.78, 5) is 4.80. The highest BCUT2D eigenvalue weighted by atomic mass is 32.1. The molecular weight excluding hydrogens is 298 g/mol. The van der Waals surface area contributed by atoms with E-state index in [9.17, 15) is 0 Å². The molecule has 0 aliphatic carbocycles. The largest absolute Gasteiger partial charge is 0.236 e. The van der Waals surface area contributed by atoms with E-state index in [0.717, 1.165) is 16.3 Å². The molecule has 0 saturated carbocycles. The molecule has 0 spiro atoms. The fraction of sp³-hybridized carbons (Fsp3) is 0. The van der Waals surface area contributed by atoms with Crippen molar-refractivity contribution >= 4 is 11.3 Å². The summed E-state index contributed by atoms with van der Waals surface area (Å²) in [6.07, 6.45) is 0. The van der Waals surface area contributed by atoms with Crippen LogP contribution in [-0.4, -0.2) is 4.98 Å². The molecule has 1 aromatic heterocycles. The summed E-state index contributed by atoms with van der Waals surface area (Å²) in [6.45, 7) is 0. The zero-order valence-electron chi connectivity index (χ0n) is 12.5. The fourth-order valence-electron chi connectivity index (χ4n) is 2.61. The number of thiazole rings is 1. The molecule has 0 aliphatic rings. The van der Waals surface area contributed by atoms with Crippen LogP contribution in [0.15, 0.2) is 90.3 Å². The van der Waals surface area contributed by atoms with Gasteiger partial charge >= 0.3 is 0 Å². The molecule has 0 bridgehead atoms. The van der Waals surface area contributed by atoms with Crippen molar-refractivity contribution in [2.24, 2.45) is 0 Å². The summed E-state index contributed by atoms with van der Waals surface area (Å²) in [5.74, 6) is 0. The van der Waals surface area contributed by atoms with Crippen LogP contribution in [0.4, 0.5) is 0 Å². The summed E-state index contributed by atoms with van der Waals surface area (Å²) >= 11 is 1.69. The third-order valence-electron chi connectivity index (χ3n) is 3.79. The normalized spacial score (nSPS) is 10.6. The van der Waals surface area contributed by atoms with Gasteiger partial charge in [-0.1, -0.05) is 78.9 Å². The van der Waals surface area contributed by atoms with Crippen LogP contribution in [0.25, 0.3) is 33.0 Å². The average Bonchev–Trinajstić information content (AvgIpc) is 3.14. The molecule has 1 nitrogen and oxygen atoms in total. The van der Waals surface area contributed by atoms with Gasteiger partial charge in [-0.2, -0.15) is 0 Å². The third kappa shape index (κ3) is 2.94. The van der Waals surface area contributed by atoms with Crippen molar-refractivity contribution in [3.05, 3.63) is 90.3 Å². The molecule has 3 aromatic carbocycles. The molecule has 0 saturated heterocycles. The Balaban J connectivity index is 1.71. The number of benzene rings is 3. The lowest BCUT2D eigenvalue weighted by Gasteiger charge is -2.03. The topological polar surface area (TPSA) is 12.9 Å². The summed E-state index contributed by atoms with van der Waals surface area (Å²) in [6, 6.07) is 29.3. The minimum Gasteiger partial charge on any atom is -0.236 e. The van der Waals surface area contributed by atoms with E-state index in [0.29, 0.717) is 0 Å². The zero-order chi connectivity index (χ0) is 15.5. The van der Waals surface area contributed by atoms with Crippen molar-refractivity contribution in [2.45, 2.75) is 0 Å². The molecular formula is C21H15NS. The Kier molecular flexibility index (Phi) is 3.75. The van der Waals surface area contributed by atoms with Crippen LogP contribution in [-0.2, 0) is 0 Å². The predicted octanol–water partition coefficient (Wildman–Crippen LogP) is 6.14. The zero-order valence-corrected chi connectivity index (χ0v) is 13.3. The summed E-state index contributed by atoms with van der Waals surface area (Å²) in [7, 11) is 0. The Morgan fingerprint density at radius 1 is 0.565 bits per heavy atom. The van der Waals surface area contributed by atoms with Gasteiger partial charge in [0.25, 0.3) is 0 Å². The molecule has 4 rings (SSSR count). The molecule has 4 aromatic rings. The minimum absolute atomic E-state index is 1.03. The molecule has 2 heteroatoms. The molecule has 0 unspecified atom stereocenters. The van der Waals surface area contributed by atoms with Gasteiger partial charge in [0, 0.05) is 16.5 Å². The van der Waals surface area contributed by atoms with E-state index in [4.69, 9.17) is 4.98 Å². The first-order chi connectivity index (χ1) is 11.4. The molecule has 0 aliphatic heterocycles. The summed E-state index contributed by atoms with van der Waals surface area (Å²) in [5.41, 5.74) is 5.81. The minimum atomic E-state index is 1.03. The maximum atomic E-state index is 4.80. The number of nitrogens with zero attached hydrogens (tertiary/aromatic N) is 1. The summed E-state index contributed by atoms with van der Waals surface area (Å²) < 4.78 is 0. The van der Waals surface area contributed by atoms with Crippen molar-refractivity contribution in [1.82, 2.24) is 4.98 Å². The van der Waals surface area contributed by atoms with Crippen LogP contribution >= 0.6 is 11.3 Å². The lowest BCUT2D eigenvalue weighted by atomic mass is 10.0. The monoisotopic (exact) mass is 313 g/mol. The second-order valence-corrected chi connectivity index (χ2v) is 6.21. The van der Waals surface area contributed by atoms with E-state index in [-0.39, 0.29) is 0 Å². The Hall–Kier alpha value is -2.71. The lowest BCUT2D eigenvalue weighted by Crippen LogP contribution is -1.82. The van der Waals surface area contributed by atoms with E-state index >= 15 is 0 Å². The molecule has 23 heavy (non-hydrogen) atoms. The van der Waals surface area contributed by atoms with Gasteiger partial charge in [-0.05, 0) is 17.2 Å². The van der Waals surface area contributed by atoms with Gasteiger partial charge in [-0.15, -0.1) is 11.3 Å². The molecule has 0 radical (unpaired) electrons. The Morgan fingerprint density at radius 2 is 1.17 bits per heavy atom. The van der Waals surface area contributed by atoms with Gasteiger partial charge in [-0.3, -0.25) is 0 Å². The number of rotatable bonds is 3. The van der Waals surface area contributed by atoms with E-state index in [2.05, 4.69) is 66.0 Å². The fourth-order valence-corrected chi connectivity index (χ4v) is 3.44. The van der Waals surface area contributed by atoms with Crippen molar-refractivity contribution in [3.8, 4) is 33.0 Å². The van der Waals surface area contributed by atoms with Crippen molar-refractivity contribution in [3.63, 3.8) is 0 Å². The quantitative estimate of drug-likeness (QED) is 0.442. The SMILES string of the molecule is c1ccc(-c2cccc(-c3csc(-c4ccccc4)n3)c2)cc1. The standard InChI is InChI=1S/C21H15NS/c1-3-8-16(9-4-1)18-12-7-13-19(14-18)20-15-23-21(22-20)17-10-5-2-6-11-17/h1-15H. The van der Waals surface area contributed by atoms with E-state index in [1.54, 1.807) is 11.3 Å². The molecule has 0 amide bonds. The van der Waals surface area contributed by atoms with E-state index < -0.39 is 0 Å². The third-order valence-corrected chi connectivity index (χ3v) is 4.68. The summed E-state index contributed by atoms with van der Waals surface area (Å²) in [5, 5.41) is 3.19. The van der Waals surface area contributed by atoms with Gasteiger partial charge in [0.15, 0.2) is 0 Å². The van der Waals surface area contributed by atoms with Crippen LogP contribution in [0.1, 0.15) is 0 Å². The second kappa shape index (κ2) is 6.19. The van der Waals surface area contributed by atoms with Crippen molar-refractivity contribution in [2.75, 3.05) is 0 Å². The van der Waals surface area contributed by atoms with Crippen LogP contribution in [0, 0.1) is 0 Å². The first kappa shape index (κ1) is 13.9. The highest BCUT2D eigenvalue weighted by Gasteiger charge is 2.07. The van der Waals surface area contributed by atoms with Crippen molar-refractivity contribution < 1.29 is 0 Å². The number of hydrogen-bond donors (Lipinski definition) is 0. The van der Waals surface area contributed by atoms with Gasteiger partial charge in [-0.25, -0.2) is 4.98 Å². The van der Waals surface area contributed by atoms with Crippen molar-refractivity contribution in [1.29, 1.82) is 0 Å². The van der Waals surface area contributed by atoms with Crippen LogP contribution in [0.2, 0.25) is 0 Å². The number of aromatic nitrogens is 1. The molecule has 110 valence electrons. The highest BCUT2D eigenvalue weighted by molar-refractivity contribution is 7.13. The molecule has 0 N–H and O–H groups in total. The molecule has 0 atom stereocenters. The predicted molar refractivity (Wildman–Crippen MR) is 98.4 cm³/mol. The highest BCUT2D eigenvalue weighted by Crippen LogP contribution is 2.30. The van der Waals surface area contributed by atoms with E-state index in [1.165, 1.54) is 16.7 Å². The maximum absolute atomic E-state index is 4.80. The first-order valence-corrected chi connectivity index (χ1v) is 8.45. The van der Waals surface area contributed by atoms with Gasteiger partial charge in [0.05, 0.1) is 5.69 Å². The van der Waals surface area contributed by atoms with Gasteiger partial charge in [0.1, 0.15) is 5.01 Å². The van der Waals surface area contributed by atoms with Gasteiger partial charge in [0.2, 0.25) is 0 Å². The molecule has 0 fully saturated rings. The van der Waals surface area contributed by atoms with Crippen LogP contribution < -0.4 is 0 Å². The average molecular weight is 313 g/mol. The Bertz CT molecular complexity index is 911. The Morgan fingerprint density at radius 3 is 1.91 bits per heavy atom. The maximum Gasteiger partial charge on any atom is 0.124 e. The molecule has 1 heterocycles. The lowest BCUT2D eigenvalue weighted by molar-refractivity contribution is 1.40. The second-order valence-electron chi connectivity index (χ2n) is 5.35. The first-order valence-electron chi connectivity index (χ1n) is 7.57. The number of hydrogen-bond acceptors (Lipinski definition) is 2. The van der Waals surface area contributed by atoms with Crippen LogP contribution in [0.5, 0.6) is 0 Å². The Labute approximate surface area is 139 Å². The van der Waals surface area contributed by atoms with E-state index in [1.807, 2.05) is 24.3 Å². The smallest absolute Gasteiger partial charge is 0.124 e. The van der Waals surface area contributed by atoms with Gasteiger partial charge < -0.3 is 0 Å². The van der Waals surface area contributed by atoms with Crippen LogP contribution in [0.3, 0.4) is 0 Å².